The molecule has 5 nitrogen and oxygen atoms in total. The Morgan fingerprint density at radius 1 is 1.06 bits per heavy atom. The summed E-state index contributed by atoms with van der Waals surface area (Å²) in [5, 5.41) is 3.42. The van der Waals surface area contributed by atoms with Crippen LogP contribution in [0.25, 0.3) is 28.2 Å². The van der Waals surface area contributed by atoms with Crippen molar-refractivity contribution in [2.24, 2.45) is 0 Å². The molecule has 1 amide bonds. The SMILES string of the molecule is Cc1ccccc1-n1c(/C=C2\C(=O)Nc3ccc(Br)cc32)nc2ccc(I)cc2c1=O. The zero-order valence-electron chi connectivity index (χ0n) is 16.3. The lowest BCUT2D eigenvalue weighted by molar-refractivity contribution is -0.110. The quantitative estimate of drug-likeness (QED) is 0.248. The van der Waals surface area contributed by atoms with E-state index in [4.69, 9.17) is 4.98 Å². The molecule has 0 saturated carbocycles. The summed E-state index contributed by atoms with van der Waals surface area (Å²) in [6.45, 7) is 1.95. The minimum Gasteiger partial charge on any atom is -0.321 e. The van der Waals surface area contributed by atoms with E-state index in [1.165, 1.54) is 0 Å². The molecule has 0 unspecified atom stereocenters. The Morgan fingerprint density at radius 2 is 1.87 bits per heavy atom. The molecule has 152 valence electrons. The van der Waals surface area contributed by atoms with Gasteiger partial charge in [0.2, 0.25) is 0 Å². The van der Waals surface area contributed by atoms with Crippen molar-refractivity contribution >= 4 is 72.7 Å². The number of aromatic nitrogens is 2. The topological polar surface area (TPSA) is 64.0 Å². The first-order valence-corrected chi connectivity index (χ1v) is 11.4. The van der Waals surface area contributed by atoms with Crippen LogP contribution in [0, 0.1) is 10.5 Å². The molecule has 4 aromatic rings. The summed E-state index contributed by atoms with van der Waals surface area (Å²) in [4.78, 5) is 31.1. The number of carbonyl (C=O) groups excluding carboxylic acids is 1. The fourth-order valence-electron chi connectivity index (χ4n) is 3.75. The number of halogens is 2. The number of benzene rings is 3. The number of anilines is 1. The summed E-state index contributed by atoms with van der Waals surface area (Å²) in [5.74, 6) is 0.187. The highest BCUT2D eigenvalue weighted by molar-refractivity contribution is 14.1. The number of amides is 1. The van der Waals surface area contributed by atoms with Gasteiger partial charge in [0.25, 0.3) is 11.5 Å². The molecule has 5 rings (SSSR count). The fourth-order valence-corrected chi connectivity index (χ4v) is 4.60. The van der Waals surface area contributed by atoms with E-state index in [2.05, 4.69) is 43.8 Å². The van der Waals surface area contributed by atoms with Crippen LogP contribution in [0.3, 0.4) is 0 Å². The van der Waals surface area contributed by atoms with Gasteiger partial charge < -0.3 is 5.32 Å². The third-order valence-electron chi connectivity index (χ3n) is 5.25. The molecule has 1 N–H and O–H groups in total. The Hall–Kier alpha value is -2.78. The molecule has 0 saturated heterocycles. The molecule has 3 aromatic carbocycles. The van der Waals surface area contributed by atoms with Crippen LogP contribution < -0.4 is 10.9 Å². The lowest BCUT2D eigenvalue weighted by Crippen LogP contribution is -2.23. The van der Waals surface area contributed by atoms with Crippen molar-refractivity contribution in [3.63, 3.8) is 0 Å². The van der Waals surface area contributed by atoms with Gasteiger partial charge in [-0.25, -0.2) is 4.98 Å². The van der Waals surface area contributed by atoms with Gasteiger partial charge in [0.1, 0.15) is 5.82 Å². The van der Waals surface area contributed by atoms with Gasteiger partial charge in [-0.3, -0.25) is 14.2 Å². The average Bonchev–Trinajstić information content (AvgIpc) is 3.04. The molecule has 0 fully saturated rings. The average molecular weight is 584 g/mol. The predicted octanol–water partition coefficient (Wildman–Crippen LogP) is 5.55. The minimum atomic E-state index is -0.221. The predicted molar refractivity (Wildman–Crippen MR) is 135 cm³/mol. The van der Waals surface area contributed by atoms with Gasteiger partial charge in [-0.05, 0) is 83.6 Å². The second-order valence-corrected chi connectivity index (χ2v) is 9.42. The van der Waals surface area contributed by atoms with Crippen molar-refractivity contribution in [1.82, 2.24) is 9.55 Å². The summed E-state index contributed by atoms with van der Waals surface area (Å²) in [5.41, 5.74) is 4.07. The number of nitrogens with zero attached hydrogens (tertiary/aromatic N) is 2. The first-order chi connectivity index (χ1) is 14.9. The van der Waals surface area contributed by atoms with Gasteiger partial charge in [0.15, 0.2) is 0 Å². The molecule has 7 heteroatoms. The highest BCUT2D eigenvalue weighted by Crippen LogP contribution is 2.35. The van der Waals surface area contributed by atoms with Crippen molar-refractivity contribution in [2.45, 2.75) is 6.92 Å². The maximum absolute atomic E-state index is 13.6. The lowest BCUT2D eigenvalue weighted by atomic mass is 10.1. The molecule has 0 radical (unpaired) electrons. The number of hydrogen-bond acceptors (Lipinski definition) is 3. The monoisotopic (exact) mass is 583 g/mol. The van der Waals surface area contributed by atoms with E-state index in [-0.39, 0.29) is 11.5 Å². The number of para-hydroxylation sites is 1. The molecule has 0 atom stereocenters. The molecule has 1 aromatic heterocycles. The number of nitrogens with one attached hydrogen (secondary N) is 1. The molecule has 1 aliphatic rings. The van der Waals surface area contributed by atoms with Crippen LogP contribution in [0.1, 0.15) is 17.0 Å². The normalized spacial score (nSPS) is 14.2. The molecular formula is C24H15BrIN3O2. The number of rotatable bonds is 2. The van der Waals surface area contributed by atoms with Gasteiger partial charge >= 0.3 is 0 Å². The molecule has 0 bridgehead atoms. The Balaban J connectivity index is 1.85. The van der Waals surface area contributed by atoms with E-state index in [1.54, 1.807) is 10.6 Å². The second-order valence-electron chi connectivity index (χ2n) is 7.26. The van der Waals surface area contributed by atoms with Crippen LogP contribution in [0.2, 0.25) is 0 Å². The highest BCUT2D eigenvalue weighted by Gasteiger charge is 2.25. The van der Waals surface area contributed by atoms with Gasteiger partial charge in [-0.2, -0.15) is 0 Å². The van der Waals surface area contributed by atoms with Gasteiger partial charge in [0.05, 0.1) is 22.2 Å². The summed E-state index contributed by atoms with van der Waals surface area (Å²) in [6, 6.07) is 18.9. The highest BCUT2D eigenvalue weighted by atomic mass is 127. The molecule has 0 spiro atoms. The largest absolute Gasteiger partial charge is 0.321 e. The van der Waals surface area contributed by atoms with E-state index in [0.717, 1.165) is 30.5 Å². The van der Waals surface area contributed by atoms with Crippen molar-refractivity contribution < 1.29 is 4.79 Å². The van der Waals surface area contributed by atoms with E-state index in [1.807, 2.05) is 67.6 Å². The maximum Gasteiger partial charge on any atom is 0.266 e. The summed E-state index contributed by atoms with van der Waals surface area (Å²) in [6.07, 6.45) is 1.69. The third-order valence-corrected chi connectivity index (χ3v) is 6.41. The fraction of sp³-hybridized carbons (Fsp3) is 0.0417. The molecule has 0 aliphatic carbocycles. The van der Waals surface area contributed by atoms with Crippen molar-refractivity contribution in [3.05, 3.63) is 96.0 Å². The Morgan fingerprint density at radius 3 is 2.68 bits per heavy atom. The zero-order chi connectivity index (χ0) is 21.7. The Bertz CT molecular complexity index is 1490. The maximum atomic E-state index is 13.6. The number of fused-ring (bicyclic) bond motifs is 2. The van der Waals surface area contributed by atoms with Crippen LogP contribution in [0.5, 0.6) is 0 Å². The van der Waals surface area contributed by atoms with Gasteiger partial charge in [0, 0.05) is 19.3 Å². The molecule has 2 heterocycles. The van der Waals surface area contributed by atoms with Crippen molar-refractivity contribution in [3.8, 4) is 5.69 Å². The summed E-state index contributed by atoms with van der Waals surface area (Å²) in [7, 11) is 0. The van der Waals surface area contributed by atoms with Crippen molar-refractivity contribution in [1.29, 1.82) is 0 Å². The van der Waals surface area contributed by atoms with Crippen LogP contribution in [-0.4, -0.2) is 15.5 Å². The van der Waals surface area contributed by atoms with Gasteiger partial charge in [-0.15, -0.1) is 0 Å². The van der Waals surface area contributed by atoms with E-state index >= 15 is 0 Å². The number of aryl methyl sites for hydroxylation is 1. The van der Waals surface area contributed by atoms with E-state index < -0.39 is 0 Å². The van der Waals surface area contributed by atoms with Crippen molar-refractivity contribution in [2.75, 3.05) is 5.32 Å². The minimum absolute atomic E-state index is 0.169. The van der Waals surface area contributed by atoms with Crippen LogP contribution in [0.15, 0.2) is 69.9 Å². The number of hydrogen-bond donors (Lipinski definition) is 1. The van der Waals surface area contributed by atoms with E-state index in [9.17, 15) is 9.59 Å². The smallest absolute Gasteiger partial charge is 0.266 e. The first-order valence-electron chi connectivity index (χ1n) is 9.54. The lowest BCUT2D eigenvalue weighted by Gasteiger charge is -2.14. The van der Waals surface area contributed by atoms with Gasteiger partial charge in [-0.1, -0.05) is 34.1 Å². The van der Waals surface area contributed by atoms with E-state index in [0.29, 0.717) is 22.3 Å². The molecule has 31 heavy (non-hydrogen) atoms. The summed E-state index contributed by atoms with van der Waals surface area (Å²) >= 11 is 5.66. The Kier molecular flexibility index (Phi) is 5.02. The number of carbonyl (C=O) groups is 1. The first kappa shape index (κ1) is 20.1. The zero-order valence-corrected chi connectivity index (χ0v) is 20.1. The van der Waals surface area contributed by atoms with Crippen LogP contribution in [-0.2, 0) is 4.79 Å². The molecule has 1 aliphatic heterocycles. The Labute approximate surface area is 200 Å². The van der Waals surface area contributed by atoms with Crippen LogP contribution >= 0.6 is 38.5 Å². The molecular weight excluding hydrogens is 569 g/mol. The second kappa shape index (κ2) is 7.72. The third kappa shape index (κ3) is 3.51. The standard InChI is InChI=1S/C24H15BrIN3O2/c1-13-4-2-3-5-21(13)29-22(27-20-9-7-15(26)11-18(20)24(29)31)12-17-16-10-14(25)6-8-19(16)28-23(17)30/h2-12H,1H3,(H,28,30)/b17-12-. The summed E-state index contributed by atoms with van der Waals surface area (Å²) < 4.78 is 3.41. The van der Waals surface area contributed by atoms with Crippen LogP contribution in [0.4, 0.5) is 5.69 Å².